The first-order chi connectivity index (χ1) is 11.9. The van der Waals surface area contributed by atoms with Crippen LogP contribution in [0.2, 0.25) is 0 Å². The minimum Gasteiger partial charge on any atom is -0.465 e. The summed E-state index contributed by atoms with van der Waals surface area (Å²) in [5.41, 5.74) is 3.11. The molecule has 1 aliphatic heterocycles. The summed E-state index contributed by atoms with van der Waals surface area (Å²) in [6, 6.07) is 14.3. The van der Waals surface area contributed by atoms with Crippen molar-refractivity contribution in [2.45, 2.75) is 18.1 Å². The van der Waals surface area contributed by atoms with E-state index in [0.29, 0.717) is 17.5 Å². The Bertz CT molecular complexity index is 901. The van der Waals surface area contributed by atoms with Crippen LogP contribution < -0.4 is 4.72 Å². The number of esters is 1. The van der Waals surface area contributed by atoms with Crippen LogP contribution in [0, 0.1) is 0 Å². The fourth-order valence-electron chi connectivity index (χ4n) is 2.81. The molecule has 0 radical (unpaired) electrons. The van der Waals surface area contributed by atoms with Crippen molar-refractivity contribution in [3.63, 3.8) is 0 Å². The molecule has 7 heteroatoms. The Balaban J connectivity index is 1.73. The molecule has 0 bridgehead atoms. The zero-order chi connectivity index (χ0) is 18.0. The Morgan fingerprint density at radius 1 is 1.08 bits per heavy atom. The van der Waals surface area contributed by atoms with Crippen molar-refractivity contribution in [3.8, 4) is 0 Å². The van der Waals surface area contributed by atoms with Gasteiger partial charge in [-0.25, -0.2) is 13.2 Å². The van der Waals surface area contributed by atoms with Gasteiger partial charge >= 0.3 is 5.97 Å². The van der Waals surface area contributed by atoms with Crippen LogP contribution in [0.15, 0.2) is 48.5 Å². The van der Waals surface area contributed by atoms with Crippen molar-refractivity contribution >= 4 is 21.9 Å². The first-order valence-corrected chi connectivity index (χ1v) is 9.24. The Morgan fingerprint density at radius 3 is 2.12 bits per heavy atom. The lowest BCUT2D eigenvalue weighted by Crippen LogP contribution is -2.21. The molecule has 0 spiro atoms. The molecular formula is C18H17NO5S. The summed E-state index contributed by atoms with van der Waals surface area (Å²) in [5.74, 6) is -0.850. The average Bonchev–Trinajstić information content (AvgIpc) is 2.88. The number of carbonyl (C=O) groups is 2. The molecule has 1 fully saturated rings. The Labute approximate surface area is 145 Å². The number of hydrogen-bond acceptors (Lipinski definition) is 5. The predicted molar refractivity (Wildman–Crippen MR) is 91.5 cm³/mol. The molecule has 1 heterocycles. The monoisotopic (exact) mass is 359 g/mol. The molecule has 1 amide bonds. The molecule has 0 aromatic heterocycles. The molecule has 1 saturated heterocycles. The lowest BCUT2D eigenvalue weighted by atomic mass is 10.0. The number of hydrogen-bond donors (Lipinski definition) is 1. The molecule has 2 aromatic carbocycles. The third-order valence-corrected chi connectivity index (χ3v) is 5.84. The fraction of sp³-hybridized carbons (Fsp3) is 0.222. The van der Waals surface area contributed by atoms with E-state index in [1.807, 2.05) is 29.0 Å². The van der Waals surface area contributed by atoms with Crippen LogP contribution in [0.3, 0.4) is 0 Å². The maximum Gasteiger partial charge on any atom is 0.337 e. The number of nitrogens with one attached hydrogen (secondary N) is 1. The van der Waals surface area contributed by atoms with E-state index in [1.54, 1.807) is 24.3 Å². The van der Waals surface area contributed by atoms with Gasteiger partial charge in [-0.15, -0.1) is 0 Å². The van der Waals surface area contributed by atoms with E-state index in [9.17, 15) is 18.0 Å². The molecule has 0 unspecified atom stereocenters. The number of sulfonamides is 1. The van der Waals surface area contributed by atoms with Crippen LogP contribution in [-0.2, 0) is 26.0 Å². The highest BCUT2D eigenvalue weighted by molar-refractivity contribution is 7.90. The second kappa shape index (κ2) is 6.68. The van der Waals surface area contributed by atoms with Crippen LogP contribution in [0.5, 0.6) is 0 Å². The first kappa shape index (κ1) is 17.2. The van der Waals surface area contributed by atoms with Gasteiger partial charge in [-0.1, -0.05) is 36.4 Å². The molecule has 130 valence electrons. The minimum absolute atomic E-state index is 0.0450. The molecule has 1 atom stereocenters. The van der Waals surface area contributed by atoms with Gasteiger partial charge in [0.25, 0.3) is 0 Å². The van der Waals surface area contributed by atoms with Crippen molar-refractivity contribution in [3.05, 3.63) is 70.8 Å². The van der Waals surface area contributed by atoms with Crippen LogP contribution in [0.25, 0.3) is 0 Å². The smallest absolute Gasteiger partial charge is 0.337 e. The van der Waals surface area contributed by atoms with E-state index in [4.69, 9.17) is 0 Å². The third-order valence-electron chi connectivity index (χ3n) is 4.14. The highest BCUT2D eigenvalue weighted by atomic mass is 32.2. The fourth-order valence-corrected chi connectivity index (χ4v) is 4.24. The molecular weight excluding hydrogens is 342 g/mol. The van der Waals surface area contributed by atoms with E-state index in [0.717, 1.165) is 11.1 Å². The highest BCUT2D eigenvalue weighted by Gasteiger charge is 2.37. The van der Waals surface area contributed by atoms with E-state index in [2.05, 4.69) is 4.74 Å². The number of carbonyl (C=O) groups excluding carboxylic acids is 2. The summed E-state index contributed by atoms with van der Waals surface area (Å²) in [6.45, 7) is 0. The third kappa shape index (κ3) is 3.71. The summed E-state index contributed by atoms with van der Waals surface area (Å²) < 4.78 is 30.5. The van der Waals surface area contributed by atoms with Crippen molar-refractivity contribution in [1.29, 1.82) is 0 Å². The van der Waals surface area contributed by atoms with Crippen LogP contribution in [0.1, 0.15) is 38.7 Å². The van der Waals surface area contributed by atoms with Gasteiger partial charge < -0.3 is 4.74 Å². The summed E-state index contributed by atoms with van der Waals surface area (Å²) in [6.07, 6.45) is 0.604. The Hall–Kier alpha value is -2.67. The number of rotatable bonds is 4. The van der Waals surface area contributed by atoms with E-state index >= 15 is 0 Å². The van der Waals surface area contributed by atoms with Gasteiger partial charge in [-0.3, -0.25) is 9.52 Å². The number of benzene rings is 2. The van der Waals surface area contributed by atoms with Gasteiger partial charge in [-0.2, -0.15) is 0 Å². The van der Waals surface area contributed by atoms with Gasteiger partial charge in [0.15, 0.2) is 0 Å². The molecule has 1 aliphatic rings. The van der Waals surface area contributed by atoms with Crippen molar-refractivity contribution < 1.29 is 22.7 Å². The largest absolute Gasteiger partial charge is 0.465 e. The highest BCUT2D eigenvalue weighted by Crippen LogP contribution is 2.30. The maximum absolute atomic E-state index is 11.9. The molecule has 2 aromatic rings. The molecule has 25 heavy (non-hydrogen) atoms. The average molecular weight is 359 g/mol. The summed E-state index contributed by atoms with van der Waals surface area (Å²) >= 11 is 0. The van der Waals surface area contributed by atoms with E-state index in [1.165, 1.54) is 7.11 Å². The van der Waals surface area contributed by atoms with Crippen LogP contribution in [0.4, 0.5) is 0 Å². The summed E-state index contributed by atoms with van der Waals surface area (Å²) in [5, 5.41) is -0.826. The van der Waals surface area contributed by atoms with Crippen LogP contribution >= 0.6 is 0 Å². The van der Waals surface area contributed by atoms with Crippen molar-refractivity contribution in [2.24, 2.45) is 0 Å². The van der Waals surface area contributed by atoms with E-state index < -0.39 is 21.2 Å². The second-order valence-electron chi connectivity index (χ2n) is 5.87. The topological polar surface area (TPSA) is 89.5 Å². The molecule has 0 aliphatic carbocycles. The molecule has 6 nitrogen and oxygen atoms in total. The van der Waals surface area contributed by atoms with Crippen molar-refractivity contribution in [1.82, 2.24) is 4.72 Å². The zero-order valence-corrected chi connectivity index (χ0v) is 14.4. The standard InChI is InChI=1S/C18H17NO5S/c1-24-18(21)15-8-4-13(5-9-15)10-12-2-6-14(7-3-12)16-11-17(20)19-25(16,22)23/h2-9,16H,10-11H2,1H3,(H,19,20)/t16-/m0/s1. The molecule has 1 N–H and O–H groups in total. The summed E-state index contributed by atoms with van der Waals surface area (Å²) in [4.78, 5) is 22.7. The van der Waals surface area contributed by atoms with Gasteiger partial charge in [0.05, 0.1) is 19.1 Å². The normalized spacial score (nSPS) is 18.6. The van der Waals surface area contributed by atoms with Gasteiger partial charge in [0, 0.05) is 0 Å². The SMILES string of the molecule is COC(=O)c1ccc(Cc2ccc([C@@H]3CC(=O)NS3(=O)=O)cc2)cc1. The molecule has 3 rings (SSSR count). The van der Waals surface area contributed by atoms with Crippen molar-refractivity contribution in [2.75, 3.05) is 7.11 Å². The molecule has 0 saturated carbocycles. The minimum atomic E-state index is -3.62. The zero-order valence-electron chi connectivity index (χ0n) is 13.6. The number of methoxy groups -OCH3 is 1. The maximum atomic E-state index is 11.9. The second-order valence-corrected chi connectivity index (χ2v) is 7.73. The Morgan fingerprint density at radius 2 is 1.64 bits per heavy atom. The number of amides is 1. The first-order valence-electron chi connectivity index (χ1n) is 7.69. The van der Waals surface area contributed by atoms with E-state index in [-0.39, 0.29) is 12.4 Å². The van der Waals surface area contributed by atoms with Gasteiger partial charge in [0.2, 0.25) is 15.9 Å². The van der Waals surface area contributed by atoms with Gasteiger partial charge in [0.1, 0.15) is 5.25 Å². The quantitative estimate of drug-likeness (QED) is 0.843. The number of ether oxygens (including phenoxy) is 1. The summed E-state index contributed by atoms with van der Waals surface area (Å²) in [7, 11) is -2.28. The predicted octanol–water partition coefficient (Wildman–Crippen LogP) is 1.95. The van der Waals surface area contributed by atoms with Crippen LogP contribution in [-0.4, -0.2) is 27.4 Å². The van der Waals surface area contributed by atoms with Gasteiger partial charge in [-0.05, 0) is 35.2 Å². The Kier molecular flexibility index (Phi) is 4.59. The lowest BCUT2D eigenvalue weighted by Gasteiger charge is -2.09. The lowest BCUT2D eigenvalue weighted by molar-refractivity contribution is -0.118.